The van der Waals surface area contributed by atoms with Crippen molar-refractivity contribution in [3.63, 3.8) is 0 Å². The Balaban J connectivity index is 0.914. The van der Waals surface area contributed by atoms with E-state index in [1.54, 1.807) is 0 Å². The number of nitrogens with zero attached hydrogens (tertiary/aromatic N) is 2. The van der Waals surface area contributed by atoms with Crippen molar-refractivity contribution >= 4 is 82.0 Å². The van der Waals surface area contributed by atoms with Gasteiger partial charge in [-0.1, -0.05) is 188 Å². The molecule has 0 bridgehead atoms. The molecule has 308 valence electrons. The summed E-state index contributed by atoms with van der Waals surface area (Å²) in [6, 6.07) is 93.2. The summed E-state index contributed by atoms with van der Waals surface area (Å²) in [5.74, 6) is 0. The number of benzene rings is 12. The quantitative estimate of drug-likeness (QED) is 0.145. The van der Waals surface area contributed by atoms with Crippen LogP contribution in [0, 0.1) is 0 Å². The van der Waals surface area contributed by atoms with E-state index in [2.05, 4.69) is 264 Å². The number of rotatable bonds is 7. The maximum absolute atomic E-state index is 2.44. The van der Waals surface area contributed by atoms with Crippen LogP contribution in [0.2, 0.25) is 0 Å². The Morgan fingerprint density at radius 3 is 1.44 bits per heavy atom. The van der Waals surface area contributed by atoms with Crippen LogP contribution in [-0.4, -0.2) is 4.57 Å². The Bertz CT molecular complexity index is 3960. The van der Waals surface area contributed by atoms with Gasteiger partial charge in [-0.2, -0.15) is 0 Å². The average Bonchev–Trinajstić information content (AvgIpc) is 3.73. The molecule has 1 heterocycles. The first-order valence-corrected chi connectivity index (χ1v) is 22.7. The van der Waals surface area contributed by atoms with Gasteiger partial charge in [0.05, 0.1) is 11.0 Å². The number of para-hydroxylation sites is 1. The maximum atomic E-state index is 2.44. The lowest BCUT2D eigenvalue weighted by atomic mass is 9.93. The third-order valence-electron chi connectivity index (χ3n) is 13.5. The van der Waals surface area contributed by atoms with Gasteiger partial charge in [0.2, 0.25) is 0 Å². The minimum atomic E-state index is 1.09. The van der Waals surface area contributed by atoms with Crippen LogP contribution < -0.4 is 4.90 Å². The molecule has 0 saturated heterocycles. The van der Waals surface area contributed by atoms with Crippen molar-refractivity contribution in [3.8, 4) is 39.1 Å². The van der Waals surface area contributed by atoms with Gasteiger partial charge in [0.25, 0.3) is 0 Å². The molecule has 0 saturated carbocycles. The summed E-state index contributed by atoms with van der Waals surface area (Å²) >= 11 is 0. The van der Waals surface area contributed by atoms with Crippen LogP contribution in [0.15, 0.2) is 255 Å². The topological polar surface area (TPSA) is 8.17 Å². The molecule has 2 heteroatoms. The number of aromatic nitrogens is 1. The van der Waals surface area contributed by atoms with E-state index in [1.807, 2.05) is 0 Å². The summed E-state index contributed by atoms with van der Waals surface area (Å²) in [5.41, 5.74) is 14.0. The van der Waals surface area contributed by atoms with Crippen molar-refractivity contribution in [1.82, 2.24) is 4.57 Å². The molecule has 0 spiro atoms. The van der Waals surface area contributed by atoms with E-state index in [9.17, 15) is 0 Å². The molecule has 1 aromatic heterocycles. The zero-order valence-corrected chi connectivity index (χ0v) is 36.1. The number of anilines is 3. The first kappa shape index (κ1) is 37.8. The molecule has 66 heavy (non-hydrogen) atoms. The molecule has 13 rings (SSSR count). The molecule has 0 aliphatic heterocycles. The van der Waals surface area contributed by atoms with Crippen molar-refractivity contribution in [2.75, 3.05) is 4.90 Å². The van der Waals surface area contributed by atoms with Gasteiger partial charge in [-0.05, 0) is 138 Å². The van der Waals surface area contributed by atoms with Crippen molar-refractivity contribution in [1.29, 1.82) is 0 Å². The van der Waals surface area contributed by atoms with Crippen LogP contribution in [0.3, 0.4) is 0 Å². The van der Waals surface area contributed by atoms with Gasteiger partial charge in [-0.25, -0.2) is 0 Å². The first-order valence-electron chi connectivity index (χ1n) is 22.7. The molecule has 12 aromatic carbocycles. The zero-order valence-electron chi connectivity index (χ0n) is 36.1. The lowest BCUT2D eigenvalue weighted by Gasteiger charge is -2.26. The summed E-state index contributed by atoms with van der Waals surface area (Å²) < 4.78 is 2.44. The van der Waals surface area contributed by atoms with Gasteiger partial charge in [0.15, 0.2) is 0 Å². The molecule has 0 amide bonds. The predicted molar refractivity (Wildman–Crippen MR) is 282 cm³/mol. The third kappa shape index (κ3) is 6.34. The number of hydrogen-bond acceptors (Lipinski definition) is 1. The van der Waals surface area contributed by atoms with Crippen LogP contribution >= 0.6 is 0 Å². The third-order valence-corrected chi connectivity index (χ3v) is 13.5. The monoisotopic (exact) mass is 838 g/mol. The zero-order chi connectivity index (χ0) is 43.6. The van der Waals surface area contributed by atoms with Crippen LogP contribution in [0.25, 0.3) is 104 Å². The smallest absolute Gasteiger partial charge is 0.0619 e. The van der Waals surface area contributed by atoms with E-state index in [-0.39, 0.29) is 0 Å². The van der Waals surface area contributed by atoms with Crippen LogP contribution in [-0.2, 0) is 0 Å². The molecule has 0 radical (unpaired) electrons. The Labute approximate surface area is 383 Å². The highest BCUT2D eigenvalue weighted by Gasteiger charge is 2.18. The minimum Gasteiger partial charge on any atom is -0.311 e. The second kappa shape index (κ2) is 15.5. The standard InChI is InChI=1S/C64H42N2/c1-2-16-52(17-3-1)66-63-42-50(31-38-60(63)61-39-30-46-13-6-9-19-57(46)64(61)66)45-26-34-54(35-27-45)65(53-32-24-44(25-33-53)49-23-22-43-12-4-5-14-48(43)40-49)55-36-28-47(29-37-55)62-41-51-15-7-8-18-56(51)58-20-10-11-21-59(58)62/h1-42H. The summed E-state index contributed by atoms with van der Waals surface area (Å²) in [7, 11) is 0. The van der Waals surface area contributed by atoms with Crippen molar-refractivity contribution < 1.29 is 0 Å². The fourth-order valence-corrected chi connectivity index (χ4v) is 10.3. The van der Waals surface area contributed by atoms with Gasteiger partial charge in [0.1, 0.15) is 0 Å². The van der Waals surface area contributed by atoms with E-state index < -0.39 is 0 Å². The van der Waals surface area contributed by atoms with Gasteiger partial charge in [-0.15, -0.1) is 0 Å². The largest absolute Gasteiger partial charge is 0.311 e. The molecule has 0 aliphatic carbocycles. The van der Waals surface area contributed by atoms with Gasteiger partial charge < -0.3 is 9.47 Å². The fraction of sp³-hybridized carbons (Fsp3) is 0. The van der Waals surface area contributed by atoms with Crippen molar-refractivity contribution in [2.45, 2.75) is 0 Å². The molecule has 0 unspecified atom stereocenters. The Hall–Kier alpha value is -8.72. The van der Waals surface area contributed by atoms with Crippen LogP contribution in [0.5, 0.6) is 0 Å². The van der Waals surface area contributed by atoms with Gasteiger partial charge in [-0.3, -0.25) is 0 Å². The van der Waals surface area contributed by atoms with Crippen molar-refractivity contribution in [2.24, 2.45) is 0 Å². The fourth-order valence-electron chi connectivity index (χ4n) is 10.3. The van der Waals surface area contributed by atoms with E-state index in [4.69, 9.17) is 0 Å². The summed E-state index contributed by atoms with van der Waals surface area (Å²) in [6.07, 6.45) is 0. The van der Waals surface area contributed by atoms with Crippen LogP contribution in [0.1, 0.15) is 0 Å². The van der Waals surface area contributed by atoms with E-state index in [0.717, 1.165) is 22.7 Å². The molecule has 2 nitrogen and oxygen atoms in total. The molecule has 13 aromatic rings. The van der Waals surface area contributed by atoms with E-state index in [1.165, 1.54) is 98.3 Å². The normalized spacial score (nSPS) is 11.6. The second-order valence-corrected chi connectivity index (χ2v) is 17.3. The first-order chi connectivity index (χ1) is 32.7. The number of fused-ring (bicyclic) bond motifs is 9. The van der Waals surface area contributed by atoms with E-state index >= 15 is 0 Å². The van der Waals surface area contributed by atoms with Crippen molar-refractivity contribution in [3.05, 3.63) is 255 Å². The predicted octanol–water partition coefficient (Wildman–Crippen LogP) is 17.9. The van der Waals surface area contributed by atoms with Crippen LogP contribution in [0.4, 0.5) is 17.1 Å². The molecule has 0 aliphatic rings. The summed E-state index contributed by atoms with van der Waals surface area (Å²) in [5, 5.41) is 12.6. The molecular weight excluding hydrogens is 797 g/mol. The Morgan fingerprint density at radius 2 is 0.742 bits per heavy atom. The Morgan fingerprint density at radius 1 is 0.258 bits per heavy atom. The highest BCUT2D eigenvalue weighted by molar-refractivity contribution is 6.19. The Kier molecular flexibility index (Phi) is 8.89. The summed E-state index contributed by atoms with van der Waals surface area (Å²) in [4.78, 5) is 2.37. The highest BCUT2D eigenvalue weighted by atomic mass is 15.1. The SMILES string of the molecule is c1ccc(-n2c3cc(-c4ccc(N(c5ccc(-c6ccc7ccccc7c6)cc5)c5ccc(-c6cc7ccccc7c7ccccc67)cc5)cc4)ccc3c3ccc4ccccc4c32)cc1. The highest BCUT2D eigenvalue weighted by Crippen LogP contribution is 2.42. The second-order valence-electron chi connectivity index (χ2n) is 17.3. The maximum Gasteiger partial charge on any atom is 0.0619 e. The lowest BCUT2D eigenvalue weighted by molar-refractivity contribution is 1.19. The van der Waals surface area contributed by atoms with Gasteiger partial charge >= 0.3 is 0 Å². The minimum absolute atomic E-state index is 1.09. The molecule has 0 fully saturated rings. The van der Waals surface area contributed by atoms with Gasteiger partial charge in [0, 0.05) is 38.9 Å². The van der Waals surface area contributed by atoms with E-state index in [0.29, 0.717) is 0 Å². The molecular formula is C64H42N2. The summed E-state index contributed by atoms with van der Waals surface area (Å²) in [6.45, 7) is 0. The molecule has 0 N–H and O–H groups in total. The lowest BCUT2D eigenvalue weighted by Crippen LogP contribution is -2.09. The average molecular weight is 839 g/mol. The molecule has 0 atom stereocenters. The number of hydrogen-bond donors (Lipinski definition) is 0.